The van der Waals surface area contributed by atoms with Gasteiger partial charge in [-0.05, 0) is 164 Å². The van der Waals surface area contributed by atoms with Gasteiger partial charge in [0, 0.05) is 60.4 Å². The summed E-state index contributed by atoms with van der Waals surface area (Å²) in [6, 6.07) is 95.2. The fraction of sp³-hybridized carbons (Fsp3) is 0.120. The second-order valence-corrected chi connectivity index (χ2v) is 25.5. The highest BCUT2D eigenvalue weighted by atomic mass is 15.2. The van der Waals surface area contributed by atoms with Crippen molar-refractivity contribution in [3.8, 4) is 50.8 Å². The zero-order valence-corrected chi connectivity index (χ0v) is 50.9. The first-order valence-electron chi connectivity index (χ1n) is 30.7. The standard InChI is InChI=1S/C83H65N5/c1-51-32-40-69-60(44-51)61-45-52(2)33-41-70(61)87(69)80-64(50-84)81(88-71-42-34-53(3)46-62(71)63-47-54(4)35-43-72(63)88)79(57-37-39-68-76(49-57)86(59-26-16-11-17-27-59)74-31-21-19-29-66(74)83(68,7)8)77(55-22-12-9-13-23-55)78(80)56-36-38-67-75(48-56)85(58-24-14-10-15-25-58)73-30-20-18-28-65(73)82(67,5)6/h9-49H,1-8H3. The monoisotopic (exact) mass is 1130 g/mol. The number of nitrogens with zero attached hydrogens (tertiary/aromatic N) is 5. The van der Waals surface area contributed by atoms with Gasteiger partial charge in [0.1, 0.15) is 11.6 Å². The van der Waals surface area contributed by atoms with Crippen molar-refractivity contribution in [3.63, 3.8) is 0 Å². The fourth-order valence-corrected chi connectivity index (χ4v) is 15.2. The third kappa shape index (κ3) is 7.78. The van der Waals surface area contributed by atoms with Gasteiger partial charge in [-0.15, -0.1) is 0 Å². The summed E-state index contributed by atoms with van der Waals surface area (Å²) in [7, 11) is 0. The molecule has 0 saturated heterocycles. The number of para-hydroxylation sites is 4. The van der Waals surface area contributed by atoms with Gasteiger partial charge in [-0.1, -0.05) is 202 Å². The van der Waals surface area contributed by atoms with E-state index in [-0.39, 0.29) is 10.8 Å². The summed E-state index contributed by atoms with van der Waals surface area (Å²) < 4.78 is 4.88. The van der Waals surface area contributed by atoms with Gasteiger partial charge >= 0.3 is 0 Å². The number of nitriles is 1. The Morgan fingerprint density at radius 2 is 0.636 bits per heavy atom. The van der Waals surface area contributed by atoms with Crippen LogP contribution >= 0.6 is 0 Å². The molecule has 4 heterocycles. The van der Waals surface area contributed by atoms with Gasteiger partial charge in [0.2, 0.25) is 0 Å². The molecule has 12 aromatic carbocycles. The summed E-state index contributed by atoms with van der Waals surface area (Å²) in [6.45, 7) is 18.2. The first-order valence-corrected chi connectivity index (χ1v) is 30.7. The van der Waals surface area contributed by atoms with Crippen LogP contribution in [0.2, 0.25) is 0 Å². The molecule has 2 aromatic heterocycles. The number of aryl methyl sites for hydroxylation is 4. The molecule has 0 aliphatic carbocycles. The SMILES string of the molecule is Cc1ccc2c(c1)c1cc(C)ccc1n2-c1c(C#N)c(-n2c3ccc(C)cc3c3cc(C)ccc32)c(-c2ccc3c(c2)N(c2ccccc2)c2ccccc2C3(C)C)c(-c2ccccc2)c1-c1ccc2c(c1)N(c1ccccc1)c1ccccc1C2(C)C. The first-order chi connectivity index (χ1) is 42.8. The van der Waals surface area contributed by atoms with E-state index in [2.05, 4.69) is 329 Å². The average molecular weight is 1130 g/mol. The molecular weight excluding hydrogens is 1070 g/mol. The van der Waals surface area contributed by atoms with Crippen LogP contribution in [0.3, 0.4) is 0 Å². The third-order valence-corrected chi connectivity index (χ3v) is 19.3. The van der Waals surface area contributed by atoms with E-state index in [1.165, 1.54) is 44.5 Å². The first kappa shape index (κ1) is 52.9. The summed E-state index contributed by atoms with van der Waals surface area (Å²) >= 11 is 0. The number of rotatable bonds is 7. The topological polar surface area (TPSA) is 40.1 Å². The molecule has 2 aliphatic heterocycles. The highest BCUT2D eigenvalue weighted by Crippen LogP contribution is 2.59. The second-order valence-electron chi connectivity index (χ2n) is 25.5. The van der Waals surface area contributed by atoms with Crippen molar-refractivity contribution < 1.29 is 0 Å². The van der Waals surface area contributed by atoms with Gasteiger partial charge in [-0.25, -0.2) is 0 Å². The smallest absolute Gasteiger partial charge is 0.104 e. The molecule has 2 aliphatic rings. The molecule has 0 saturated carbocycles. The Morgan fingerprint density at radius 1 is 0.307 bits per heavy atom. The summed E-state index contributed by atoms with van der Waals surface area (Å²) in [5.41, 5.74) is 27.9. The van der Waals surface area contributed by atoms with E-state index in [9.17, 15) is 5.26 Å². The van der Waals surface area contributed by atoms with Crippen molar-refractivity contribution in [1.29, 1.82) is 5.26 Å². The van der Waals surface area contributed by atoms with E-state index in [0.717, 1.165) is 122 Å². The van der Waals surface area contributed by atoms with E-state index in [4.69, 9.17) is 0 Å². The van der Waals surface area contributed by atoms with Crippen LogP contribution in [0.1, 0.15) is 77.8 Å². The molecule has 5 nitrogen and oxygen atoms in total. The molecule has 0 atom stereocenters. The minimum atomic E-state index is -0.358. The fourth-order valence-electron chi connectivity index (χ4n) is 15.2. The minimum absolute atomic E-state index is 0.358. The van der Waals surface area contributed by atoms with Crippen LogP contribution in [0, 0.1) is 39.0 Å². The Bertz CT molecular complexity index is 4840. The van der Waals surface area contributed by atoms with Gasteiger partial charge in [-0.2, -0.15) is 5.26 Å². The average Bonchev–Trinajstić information content (AvgIpc) is 1.40. The Morgan fingerprint density at radius 3 is 1.00 bits per heavy atom. The maximum atomic E-state index is 13.1. The van der Waals surface area contributed by atoms with Crippen molar-refractivity contribution in [2.75, 3.05) is 9.80 Å². The Hall–Kier alpha value is -10.7. The molecule has 0 unspecified atom stereocenters. The Labute approximate surface area is 514 Å². The van der Waals surface area contributed by atoms with Gasteiger partial charge < -0.3 is 18.9 Å². The van der Waals surface area contributed by atoms with Crippen molar-refractivity contribution >= 4 is 77.7 Å². The zero-order valence-electron chi connectivity index (χ0n) is 50.9. The zero-order chi connectivity index (χ0) is 59.9. The van der Waals surface area contributed by atoms with E-state index < -0.39 is 0 Å². The largest absolute Gasteiger partial charge is 0.310 e. The lowest BCUT2D eigenvalue weighted by molar-refractivity contribution is 0.632. The van der Waals surface area contributed by atoms with Crippen LogP contribution in [-0.4, -0.2) is 9.13 Å². The number of hydrogen-bond donors (Lipinski definition) is 0. The predicted octanol–water partition coefficient (Wildman–Crippen LogP) is 22.2. The molecule has 14 aromatic rings. The minimum Gasteiger partial charge on any atom is -0.310 e. The third-order valence-electron chi connectivity index (χ3n) is 19.3. The van der Waals surface area contributed by atoms with Crippen LogP contribution in [-0.2, 0) is 10.8 Å². The normalized spacial score (nSPS) is 13.8. The highest BCUT2D eigenvalue weighted by Gasteiger charge is 2.41. The van der Waals surface area contributed by atoms with Gasteiger partial charge in [-0.3, -0.25) is 0 Å². The lowest BCUT2D eigenvalue weighted by atomic mass is 9.72. The molecule has 16 rings (SSSR count). The van der Waals surface area contributed by atoms with E-state index in [0.29, 0.717) is 5.56 Å². The number of aromatic nitrogens is 2. The quantitative estimate of drug-likeness (QED) is 0.160. The van der Waals surface area contributed by atoms with Crippen molar-refractivity contribution in [3.05, 3.63) is 299 Å². The molecule has 0 amide bonds. The van der Waals surface area contributed by atoms with Gasteiger partial charge in [0.25, 0.3) is 0 Å². The lowest BCUT2D eigenvalue weighted by Gasteiger charge is -2.42. The summed E-state index contributed by atoms with van der Waals surface area (Å²) in [5.74, 6) is 0. The molecule has 0 N–H and O–H groups in total. The maximum Gasteiger partial charge on any atom is 0.104 e. The number of benzene rings is 12. The molecular formula is C83H65N5. The molecule has 422 valence electrons. The molecule has 0 fully saturated rings. The van der Waals surface area contributed by atoms with Crippen LogP contribution in [0.4, 0.5) is 34.1 Å². The molecule has 0 bridgehead atoms. The Balaban J connectivity index is 1.15. The van der Waals surface area contributed by atoms with Crippen molar-refractivity contribution in [1.82, 2.24) is 9.13 Å². The summed E-state index contributed by atoms with van der Waals surface area (Å²) in [5, 5.41) is 17.7. The molecule has 0 radical (unpaired) electrons. The van der Waals surface area contributed by atoms with Crippen LogP contribution in [0.15, 0.2) is 249 Å². The number of fused-ring (bicyclic) bond motifs is 10. The van der Waals surface area contributed by atoms with Crippen LogP contribution in [0.5, 0.6) is 0 Å². The number of hydrogen-bond acceptors (Lipinski definition) is 3. The van der Waals surface area contributed by atoms with Crippen LogP contribution < -0.4 is 9.80 Å². The van der Waals surface area contributed by atoms with Crippen LogP contribution in [0.25, 0.3) is 88.4 Å². The van der Waals surface area contributed by atoms with Gasteiger partial charge in [0.15, 0.2) is 0 Å². The lowest BCUT2D eigenvalue weighted by Crippen LogP contribution is -2.30. The molecule has 5 heteroatoms. The Kier molecular flexibility index (Phi) is 11.8. The van der Waals surface area contributed by atoms with E-state index >= 15 is 0 Å². The molecule has 0 spiro atoms. The van der Waals surface area contributed by atoms with Gasteiger partial charge in [0.05, 0.1) is 56.2 Å². The second kappa shape index (κ2) is 19.7. The summed E-state index contributed by atoms with van der Waals surface area (Å²) in [6.07, 6.45) is 0. The highest BCUT2D eigenvalue weighted by molar-refractivity contribution is 6.16. The predicted molar refractivity (Wildman–Crippen MR) is 369 cm³/mol. The van der Waals surface area contributed by atoms with E-state index in [1.807, 2.05) is 0 Å². The maximum absolute atomic E-state index is 13.1. The molecule has 88 heavy (non-hydrogen) atoms. The van der Waals surface area contributed by atoms with Crippen molar-refractivity contribution in [2.24, 2.45) is 0 Å². The van der Waals surface area contributed by atoms with E-state index in [1.54, 1.807) is 0 Å². The van der Waals surface area contributed by atoms with Crippen molar-refractivity contribution in [2.45, 2.75) is 66.2 Å². The summed E-state index contributed by atoms with van der Waals surface area (Å²) in [4.78, 5) is 4.91. The number of anilines is 6.